The molecule has 6 heteroatoms. The predicted octanol–water partition coefficient (Wildman–Crippen LogP) is 4.72. The summed E-state index contributed by atoms with van der Waals surface area (Å²) in [4.78, 5) is 26.2. The molecular formula is C25H26N2O4. The van der Waals surface area contributed by atoms with E-state index in [2.05, 4.69) is 5.32 Å². The highest BCUT2D eigenvalue weighted by Crippen LogP contribution is 2.26. The van der Waals surface area contributed by atoms with Crippen molar-refractivity contribution >= 4 is 17.5 Å². The second-order valence-corrected chi connectivity index (χ2v) is 7.09. The Hall–Kier alpha value is -3.80. The third-order valence-corrected chi connectivity index (χ3v) is 4.85. The first-order valence-electron chi connectivity index (χ1n) is 9.97. The number of hydrogen-bond acceptors (Lipinski definition) is 4. The van der Waals surface area contributed by atoms with Gasteiger partial charge in [0.05, 0.1) is 19.6 Å². The molecule has 0 bridgehead atoms. The van der Waals surface area contributed by atoms with Gasteiger partial charge in [-0.05, 0) is 54.1 Å². The fourth-order valence-electron chi connectivity index (χ4n) is 3.15. The van der Waals surface area contributed by atoms with Crippen LogP contribution in [0.2, 0.25) is 0 Å². The average molecular weight is 418 g/mol. The molecule has 0 spiro atoms. The Balaban J connectivity index is 1.68. The van der Waals surface area contributed by atoms with Crippen molar-refractivity contribution in [2.75, 3.05) is 19.1 Å². The molecule has 0 aliphatic carbocycles. The molecule has 0 saturated carbocycles. The highest BCUT2D eigenvalue weighted by atomic mass is 16.5. The third-order valence-electron chi connectivity index (χ3n) is 4.85. The molecule has 3 rings (SSSR count). The minimum Gasteiger partial charge on any atom is -0.497 e. The minimum atomic E-state index is -0.431. The molecule has 1 unspecified atom stereocenters. The first-order chi connectivity index (χ1) is 15.0. The lowest BCUT2D eigenvalue weighted by Crippen LogP contribution is -2.33. The maximum absolute atomic E-state index is 12.9. The number of anilines is 1. The number of nitrogens with one attached hydrogen (secondary N) is 1. The van der Waals surface area contributed by atoms with Crippen LogP contribution in [0.4, 0.5) is 5.69 Å². The van der Waals surface area contributed by atoms with Crippen molar-refractivity contribution in [3.63, 3.8) is 0 Å². The molecule has 0 saturated heterocycles. The first kappa shape index (κ1) is 21.9. The van der Waals surface area contributed by atoms with E-state index in [4.69, 9.17) is 9.47 Å². The summed E-state index contributed by atoms with van der Waals surface area (Å²) in [6.07, 6.45) is 0.130. The lowest BCUT2D eigenvalue weighted by Gasteiger charge is -2.23. The van der Waals surface area contributed by atoms with E-state index < -0.39 is 6.04 Å². The highest BCUT2D eigenvalue weighted by Gasteiger charge is 2.20. The summed E-state index contributed by atoms with van der Waals surface area (Å²) in [6.45, 7) is 1.44. The Morgan fingerprint density at radius 1 is 0.871 bits per heavy atom. The van der Waals surface area contributed by atoms with Gasteiger partial charge in [0, 0.05) is 19.7 Å². The van der Waals surface area contributed by atoms with Crippen LogP contribution in [-0.2, 0) is 9.59 Å². The van der Waals surface area contributed by atoms with E-state index >= 15 is 0 Å². The Labute approximate surface area is 182 Å². The SMILES string of the molecule is COc1ccc(C(CC(=O)N(C)c2ccc(Oc3ccccc3)cc2)NC(C)=O)cc1. The molecule has 1 N–H and O–H groups in total. The molecule has 0 heterocycles. The van der Waals surface area contributed by atoms with E-state index in [1.165, 1.54) is 6.92 Å². The normalized spacial score (nSPS) is 11.3. The van der Waals surface area contributed by atoms with E-state index in [0.717, 1.165) is 17.0 Å². The summed E-state index contributed by atoms with van der Waals surface area (Å²) in [5.41, 5.74) is 1.58. The molecule has 0 aliphatic heterocycles. The van der Waals surface area contributed by atoms with Gasteiger partial charge in [-0.2, -0.15) is 0 Å². The zero-order valence-electron chi connectivity index (χ0n) is 17.9. The second kappa shape index (κ2) is 10.3. The number of ether oxygens (including phenoxy) is 2. The van der Waals surface area contributed by atoms with Crippen LogP contribution in [0.3, 0.4) is 0 Å². The molecule has 3 aromatic carbocycles. The van der Waals surface area contributed by atoms with E-state index in [1.54, 1.807) is 19.1 Å². The first-order valence-corrected chi connectivity index (χ1v) is 9.97. The van der Waals surface area contributed by atoms with Crippen molar-refractivity contribution in [2.24, 2.45) is 0 Å². The lowest BCUT2D eigenvalue weighted by atomic mass is 10.0. The summed E-state index contributed by atoms with van der Waals surface area (Å²) in [5.74, 6) is 1.83. The maximum Gasteiger partial charge on any atom is 0.229 e. The van der Waals surface area contributed by atoms with Gasteiger partial charge in [0.1, 0.15) is 17.2 Å². The van der Waals surface area contributed by atoms with E-state index in [9.17, 15) is 9.59 Å². The van der Waals surface area contributed by atoms with Crippen LogP contribution < -0.4 is 19.7 Å². The van der Waals surface area contributed by atoms with Crippen LogP contribution in [0, 0.1) is 0 Å². The van der Waals surface area contributed by atoms with Crippen molar-refractivity contribution in [3.8, 4) is 17.2 Å². The number of hydrogen-bond donors (Lipinski definition) is 1. The van der Waals surface area contributed by atoms with E-state index in [1.807, 2.05) is 78.9 Å². The van der Waals surface area contributed by atoms with Gasteiger partial charge >= 0.3 is 0 Å². The molecule has 160 valence electrons. The summed E-state index contributed by atoms with van der Waals surface area (Å²) in [7, 11) is 3.31. The number of para-hydroxylation sites is 1. The molecule has 0 fully saturated rings. The van der Waals surface area contributed by atoms with Crippen molar-refractivity contribution in [3.05, 3.63) is 84.4 Å². The fraction of sp³-hybridized carbons (Fsp3) is 0.200. The molecule has 3 aromatic rings. The topological polar surface area (TPSA) is 67.9 Å². The van der Waals surface area contributed by atoms with Gasteiger partial charge in [-0.1, -0.05) is 30.3 Å². The number of benzene rings is 3. The molecule has 1 atom stereocenters. The van der Waals surface area contributed by atoms with Crippen molar-refractivity contribution < 1.29 is 19.1 Å². The monoisotopic (exact) mass is 418 g/mol. The predicted molar refractivity (Wildman–Crippen MR) is 121 cm³/mol. The standard InChI is InChI=1S/C25H26N2O4/c1-18(28)26-24(19-9-13-21(30-3)14-10-19)17-25(29)27(2)20-11-15-23(16-12-20)31-22-7-5-4-6-8-22/h4-16,24H,17H2,1-3H3,(H,26,28). The van der Waals surface area contributed by atoms with Gasteiger partial charge in [-0.25, -0.2) is 0 Å². The Morgan fingerprint density at radius 3 is 2.03 bits per heavy atom. The number of carbonyl (C=O) groups excluding carboxylic acids is 2. The van der Waals surface area contributed by atoms with Crippen LogP contribution >= 0.6 is 0 Å². The molecule has 0 aliphatic rings. The van der Waals surface area contributed by atoms with Crippen LogP contribution in [0.25, 0.3) is 0 Å². The van der Waals surface area contributed by atoms with Crippen molar-refractivity contribution in [1.29, 1.82) is 0 Å². The number of rotatable bonds is 8. The molecule has 0 radical (unpaired) electrons. The van der Waals surface area contributed by atoms with Gasteiger partial charge in [0.15, 0.2) is 0 Å². The van der Waals surface area contributed by atoms with Crippen molar-refractivity contribution in [2.45, 2.75) is 19.4 Å². The Bertz CT molecular complexity index is 1000. The van der Waals surface area contributed by atoms with Gasteiger partial charge in [-0.3, -0.25) is 9.59 Å². The van der Waals surface area contributed by atoms with Gasteiger partial charge in [0.2, 0.25) is 11.8 Å². The highest BCUT2D eigenvalue weighted by molar-refractivity contribution is 5.93. The summed E-state index contributed by atoms with van der Waals surface area (Å²) >= 11 is 0. The molecule has 0 aromatic heterocycles. The summed E-state index contributed by atoms with van der Waals surface area (Å²) in [6, 6.07) is 23.7. The van der Waals surface area contributed by atoms with Crippen LogP contribution in [0.5, 0.6) is 17.2 Å². The number of amides is 2. The van der Waals surface area contributed by atoms with E-state index in [-0.39, 0.29) is 18.2 Å². The van der Waals surface area contributed by atoms with Crippen molar-refractivity contribution in [1.82, 2.24) is 5.32 Å². The number of carbonyl (C=O) groups is 2. The fourth-order valence-corrected chi connectivity index (χ4v) is 3.15. The third kappa shape index (κ3) is 6.09. The number of nitrogens with zero attached hydrogens (tertiary/aromatic N) is 1. The Kier molecular flexibility index (Phi) is 7.27. The number of methoxy groups -OCH3 is 1. The molecule has 2 amide bonds. The van der Waals surface area contributed by atoms with Gasteiger partial charge < -0.3 is 19.7 Å². The summed E-state index contributed by atoms with van der Waals surface area (Å²) < 4.78 is 11.0. The van der Waals surface area contributed by atoms with Gasteiger partial charge in [-0.15, -0.1) is 0 Å². The quantitative estimate of drug-likeness (QED) is 0.575. The maximum atomic E-state index is 12.9. The van der Waals surface area contributed by atoms with E-state index in [0.29, 0.717) is 11.5 Å². The zero-order chi connectivity index (χ0) is 22.2. The van der Waals surface area contributed by atoms with Crippen LogP contribution in [-0.4, -0.2) is 26.0 Å². The summed E-state index contributed by atoms with van der Waals surface area (Å²) in [5, 5.41) is 2.86. The molecular weight excluding hydrogens is 392 g/mol. The van der Waals surface area contributed by atoms with Crippen LogP contribution in [0.15, 0.2) is 78.9 Å². The second-order valence-electron chi connectivity index (χ2n) is 7.09. The van der Waals surface area contributed by atoms with Gasteiger partial charge in [0.25, 0.3) is 0 Å². The lowest BCUT2D eigenvalue weighted by molar-refractivity contribution is -0.121. The average Bonchev–Trinajstić information content (AvgIpc) is 2.79. The zero-order valence-corrected chi connectivity index (χ0v) is 17.9. The minimum absolute atomic E-state index is 0.119. The van der Waals surface area contributed by atoms with Crippen LogP contribution in [0.1, 0.15) is 24.9 Å². The molecule has 6 nitrogen and oxygen atoms in total. The smallest absolute Gasteiger partial charge is 0.229 e. The Morgan fingerprint density at radius 2 is 1.45 bits per heavy atom. The largest absolute Gasteiger partial charge is 0.497 e. The molecule has 31 heavy (non-hydrogen) atoms.